The highest BCUT2D eigenvalue weighted by molar-refractivity contribution is 9.10. The van der Waals surface area contributed by atoms with Gasteiger partial charge < -0.3 is 4.74 Å². The first-order valence-electron chi connectivity index (χ1n) is 6.04. The molecule has 1 aliphatic rings. The summed E-state index contributed by atoms with van der Waals surface area (Å²) < 4.78 is 6.46. The number of benzene rings is 1. The molecule has 0 saturated heterocycles. The monoisotopic (exact) mass is 338 g/mol. The van der Waals surface area contributed by atoms with Gasteiger partial charge in [-0.25, -0.2) is 9.97 Å². The van der Waals surface area contributed by atoms with Gasteiger partial charge in [0, 0.05) is 22.0 Å². The molecule has 1 aliphatic heterocycles. The fourth-order valence-corrected chi connectivity index (χ4v) is 2.60. The lowest BCUT2D eigenvalue weighted by Gasteiger charge is -2.17. The molecule has 2 aromatic rings. The Balaban J connectivity index is 2.10. The third-order valence-corrected chi connectivity index (χ3v) is 4.39. The quantitative estimate of drug-likeness (QED) is 0.738. The highest BCUT2D eigenvalue weighted by atomic mass is 79.9. The summed E-state index contributed by atoms with van der Waals surface area (Å²) in [5.74, 6) is 0.682. The molecule has 0 amide bonds. The fraction of sp³-hybridized carbons (Fsp3) is 0.286. The van der Waals surface area contributed by atoms with Gasteiger partial charge in [0.15, 0.2) is 5.82 Å². The number of aromatic nitrogens is 2. The summed E-state index contributed by atoms with van der Waals surface area (Å²) in [6.45, 7) is 3.24. The van der Waals surface area contributed by atoms with Crippen LogP contribution in [0.3, 0.4) is 0 Å². The van der Waals surface area contributed by atoms with Crippen LogP contribution < -0.4 is 0 Å². The summed E-state index contributed by atoms with van der Waals surface area (Å²) >= 11 is 9.72. The van der Waals surface area contributed by atoms with Gasteiger partial charge in [0.25, 0.3) is 0 Å². The van der Waals surface area contributed by atoms with Crippen molar-refractivity contribution in [1.82, 2.24) is 9.97 Å². The molecule has 0 radical (unpaired) electrons. The fourth-order valence-electron chi connectivity index (χ4n) is 2.11. The molecule has 0 aliphatic carbocycles. The third kappa shape index (κ3) is 2.53. The van der Waals surface area contributed by atoms with Crippen LogP contribution in [0.15, 0.2) is 22.7 Å². The van der Waals surface area contributed by atoms with Crippen molar-refractivity contribution in [3.63, 3.8) is 0 Å². The van der Waals surface area contributed by atoms with E-state index in [1.807, 2.05) is 19.1 Å². The summed E-state index contributed by atoms with van der Waals surface area (Å²) in [6, 6.07) is 6.06. The number of fused-ring (bicyclic) bond motifs is 1. The van der Waals surface area contributed by atoms with Crippen molar-refractivity contribution in [2.75, 3.05) is 6.61 Å². The second-order valence-electron chi connectivity index (χ2n) is 4.53. The van der Waals surface area contributed by atoms with Gasteiger partial charge in [0.2, 0.25) is 0 Å². The first kappa shape index (κ1) is 13.0. The maximum atomic E-state index is 6.23. The molecular formula is C14H12BrClN2O. The molecule has 19 heavy (non-hydrogen) atoms. The van der Waals surface area contributed by atoms with Gasteiger partial charge >= 0.3 is 0 Å². The molecule has 2 heterocycles. The predicted octanol–water partition coefficient (Wildman–Crippen LogP) is 3.94. The van der Waals surface area contributed by atoms with Crippen LogP contribution >= 0.6 is 27.5 Å². The van der Waals surface area contributed by atoms with E-state index in [1.165, 1.54) is 0 Å². The molecular weight excluding hydrogens is 328 g/mol. The second-order valence-corrected chi connectivity index (χ2v) is 5.74. The number of ether oxygens (including phenoxy) is 1. The molecule has 0 fully saturated rings. The highest BCUT2D eigenvalue weighted by Gasteiger charge is 2.17. The molecule has 3 rings (SSSR count). The lowest BCUT2D eigenvalue weighted by atomic mass is 10.1. The van der Waals surface area contributed by atoms with E-state index in [2.05, 4.69) is 32.0 Å². The predicted molar refractivity (Wildman–Crippen MR) is 78.3 cm³/mol. The van der Waals surface area contributed by atoms with E-state index in [1.54, 1.807) is 0 Å². The zero-order chi connectivity index (χ0) is 13.4. The van der Waals surface area contributed by atoms with Crippen molar-refractivity contribution in [3.8, 4) is 11.4 Å². The zero-order valence-corrected chi connectivity index (χ0v) is 12.8. The molecule has 98 valence electrons. The van der Waals surface area contributed by atoms with Crippen molar-refractivity contribution in [1.29, 1.82) is 0 Å². The third-order valence-electron chi connectivity index (χ3n) is 3.19. The smallest absolute Gasteiger partial charge is 0.161 e. The van der Waals surface area contributed by atoms with E-state index < -0.39 is 0 Å². The molecule has 5 heteroatoms. The molecule has 1 aromatic heterocycles. The Bertz CT molecular complexity index is 646. The Morgan fingerprint density at radius 3 is 2.95 bits per heavy atom. The number of nitrogens with zero attached hydrogens (tertiary/aromatic N) is 2. The Kier molecular flexibility index (Phi) is 3.56. The number of rotatable bonds is 1. The largest absolute Gasteiger partial charge is 0.376 e. The average Bonchev–Trinajstić information content (AvgIpc) is 2.42. The van der Waals surface area contributed by atoms with Crippen LogP contribution in [-0.2, 0) is 17.8 Å². The summed E-state index contributed by atoms with van der Waals surface area (Å²) in [5.41, 5.74) is 4.06. The molecule has 0 spiro atoms. The normalized spacial score (nSPS) is 14.3. The van der Waals surface area contributed by atoms with Gasteiger partial charge in [0.1, 0.15) is 5.15 Å². The lowest BCUT2D eigenvalue weighted by molar-refractivity contribution is 0.109. The average molecular weight is 340 g/mol. The summed E-state index contributed by atoms with van der Waals surface area (Å²) in [5, 5.41) is 0.500. The first-order valence-corrected chi connectivity index (χ1v) is 7.22. The van der Waals surface area contributed by atoms with E-state index in [4.69, 9.17) is 16.3 Å². The Morgan fingerprint density at radius 1 is 1.32 bits per heavy atom. The molecule has 0 bridgehead atoms. The van der Waals surface area contributed by atoms with Crippen molar-refractivity contribution in [3.05, 3.63) is 44.6 Å². The standard InChI is InChI=1S/C14H12BrClN2O/c1-8-6-9(2-3-11(8)15)14-17-12-4-5-19-7-10(12)13(16)18-14/h2-3,6H,4-5,7H2,1H3. The van der Waals surface area contributed by atoms with E-state index in [0.29, 0.717) is 24.2 Å². The van der Waals surface area contributed by atoms with Gasteiger partial charge in [0.05, 0.1) is 18.9 Å². The van der Waals surface area contributed by atoms with Crippen LogP contribution in [0.4, 0.5) is 0 Å². The van der Waals surface area contributed by atoms with Crippen LogP contribution in [0.1, 0.15) is 16.8 Å². The highest BCUT2D eigenvalue weighted by Crippen LogP contribution is 2.27. The van der Waals surface area contributed by atoms with E-state index in [-0.39, 0.29) is 0 Å². The Hall–Kier alpha value is -0.970. The van der Waals surface area contributed by atoms with Crippen LogP contribution in [0.2, 0.25) is 5.15 Å². The summed E-state index contributed by atoms with van der Waals surface area (Å²) in [7, 11) is 0. The number of hydrogen-bond donors (Lipinski definition) is 0. The maximum absolute atomic E-state index is 6.23. The summed E-state index contributed by atoms with van der Waals surface area (Å²) in [4.78, 5) is 9.01. The van der Waals surface area contributed by atoms with Crippen molar-refractivity contribution in [2.45, 2.75) is 20.0 Å². The SMILES string of the molecule is Cc1cc(-c2nc(Cl)c3c(n2)CCOC3)ccc1Br. The lowest BCUT2D eigenvalue weighted by Crippen LogP contribution is -2.14. The minimum atomic E-state index is 0.500. The Labute approximate surface area is 125 Å². The van der Waals surface area contributed by atoms with Gasteiger partial charge in [-0.1, -0.05) is 33.6 Å². The second kappa shape index (κ2) is 5.19. The Morgan fingerprint density at radius 2 is 2.16 bits per heavy atom. The number of aryl methyl sites for hydroxylation is 1. The molecule has 1 aromatic carbocycles. The number of hydrogen-bond acceptors (Lipinski definition) is 3. The number of halogens is 2. The van der Waals surface area contributed by atoms with E-state index in [9.17, 15) is 0 Å². The molecule has 3 nitrogen and oxygen atoms in total. The minimum Gasteiger partial charge on any atom is -0.376 e. The molecule has 0 N–H and O–H groups in total. The van der Waals surface area contributed by atoms with Crippen molar-refractivity contribution >= 4 is 27.5 Å². The van der Waals surface area contributed by atoms with E-state index >= 15 is 0 Å². The molecule has 0 saturated carbocycles. The van der Waals surface area contributed by atoms with Crippen molar-refractivity contribution < 1.29 is 4.74 Å². The van der Waals surface area contributed by atoms with Gasteiger partial charge in [-0.15, -0.1) is 0 Å². The van der Waals surface area contributed by atoms with Gasteiger partial charge in [-0.3, -0.25) is 0 Å². The molecule has 0 unspecified atom stereocenters. The molecule has 0 atom stereocenters. The van der Waals surface area contributed by atoms with Crippen molar-refractivity contribution in [2.24, 2.45) is 0 Å². The van der Waals surface area contributed by atoms with Crippen LogP contribution in [0.5, 0.6) is 0 Å². The van der Waals surface area contributed by atoms with E-state index in [0.717, 1.165) is 33.3 Å². The van der Waals surface area contributed by atoms with Crippen LogP contribution in [0.25, 0.3) is 11.4 Å². The summed E-state index contributed by atoms with van der Waals surface area (Å²) in [6.07, 6.45) is 0.792. The first-order chi connectivity index (χ1) is 9.15. The topological polar surface area (TPSA) is 35.0 Å². The minimum absolute atomic E-state index is 0.500. The van der Waals surface area contributed by atoms with Gasteiger partial charge in [-0.2, -0.15) is 0 Å². The van der Waals surface area contributed by atoms with Crippen LogP contribution in [0, 0.1) is 6.92 Å². The maximum Gasteiger partial charge on any atom is 0.161 e. The van der Waals surface area contributed by atoms with Crippen LogP contribution in [-0.4, -0.2) is 16.6 Å². The van der Waals surface area contributed by atoms with Gasteiger partial charge in [-0.05, 0) is 24.6 Å². The zero-order valence-electron chi connectivity index (χ0n) is 10.4.